The summed E-state index contributed by atoms with van der Waals surface area (Å²) in [7, 11) is 2.13. The number of nitrogens with zero attached hydrogens (tertiary/aromatic N) is 1. The van der Waals surface area contributed by atoms with Crippen molar-refractivity contribution in [1.29, 1.82) is 0 Å². The van der Waals surface area contributed by atoms with Crippen molar-refractivity contribution in [1.82, 2.24) is 4.90 Å². The molecular weight excluding hydrogens is 200 g/mol. The van der Waals surface area contributed by atoms with Gasteiger partial charge in [-0.15, -0.1) is 0 Å². The van der Waals surface area contributed by atoms with Gasteiger partial charge in [0.25, 0.3) is 0 Å². The third kappa shape index (κ3) is 4.37. The molecule has 16 heavy (non-hydrogen) atoms. The van der Waals surface area contributed by atoms with Gasteiger partial charge in [-0.2, -0.15) is 0 Å². The molecule has 0 bridgehead atoms. The summed E-state index contributed by atoms with van der Waals surface area (Å²) in [4.78, 5) is 2.30. The molecule has 0 aliphatic heterocycles. The minimum atomic E-state index is 0.345. The van der Waals surface area contributed by atoms with Gasteiger partial charge in [-0.3, -0.25) is 0 Å². The third-order valence-electron chi connectivity index (χ3n) is 2.95. The van der Waals surface area contributed by atoms with Gasteiger partial charge < -0.3 is 15.1 Å². The average Bonchev–Trinajstić information content (AvgIpc) is 2.62. The van der Waals surface area contributed by atoms with E-state index in [0.717, 1.165) is 31.7 Å². The van der Waals surface area contributed by atoms with Crippen LogP contribution < -0.4 is 5.73 Å². The number of nitrogens with two attached hydrogens (primary N) is 1. The van der Waals surface area contributed by atoms with Crippen LogP contribution in [-0.2, 0) is 6.54 Å². The number of aryl methyl sites for hydroxylation is 1. The molecule has 0 amide bonds. The first-order valence-electron chi connectivity index (χ1n) is 6.10. The van der Waals surface area contributed by atoms with Gasteiger partial charge in [-0.25, -0.2) is 0 Å². The van der Waals surface area contributed by atoms with Crippen molar-refractivity contribution in [2.45, 2.75) is 45.7 Å². The standard InChI is InChI=1S/C13H24N2O/c1-4-5-13(14)6-8-15(3)10-12-7-9-16-11(12)2/h7,9,13H,4-6,8,10,14H2,1-3H3. The van der Waals surface area contributed by atoms with Crippen LogP contribution in [0.5, 0.6) is 0 Å². The van der Waals surface area contributed by atoms with Crippen molar-refractivity contribution in [3.8, 4) is 0 Å². The Bertz CT molecular complexity index is 296. The van der Waals surface area contributed by atoms with E-state index in [4.69, 9.17) is 10.2 Å². The van der Waals surface area contributed by atoms with E-state index in [1.54, 1.807) is 6.26 Å². The van der Waals surface area contributed by atoms with Crippen molar-refractivity contribution in [2.75, 3.05) is 13.6 Å². The zero-order valence-electron chi connectivity index (χ0n) is 10.7. The highest BCUT2D eigenvalue weighted by molar-refractivity contribution is 5.14. The maximum absolute atomic E-state index is 5.99. The highest BCUT2D eigenvalue weighted by Gasteiger charge is 2.07. The van der Waals surface area contributed by atoms with E-state index in [2.05, 4.69) is 18.9 Å². The summed E-state index contributed by atoms with van der Waals surface area (Å²) in [5, 5.41) is 0. The lowest BCUT2D eigenvalue weighted by molar-refractivity contribution is 0.305. The lowest BCUT2D eigenvalue weighted by Crippen LogP contribution is -2.27. The first kappa shape index (κ1) is 13.3. The van der Waals surface area contributed by atoms with Crippen molar-refractivity contribution in [3.63, 3.8) is 0 Å². The summed E-state index contributed by atoms with van der Waals surface area (Å²) in [5.74, 6) is 1.02. The van der Waals surface area contributed by atoms with Crippen LogP contribution in [0.2, 0.25) is 0 Å². The molecule has 1 rings (SSSR count). The van der Waals surface area contributed by atoms with E-state index in [-0.39, 0.29) is 0 Å². The molecule has 1 unspecified atom stereocenters. The van der Waals surface area contributed by atoms with Crippen LogP contribution in [0.4, 0.5) is 0 Å². The van der Waals surface area contributed by atoms with E-state index in [1.165, 1.54) is 12.0 Å². The zero-order valence-corrected chi connectivity index (χ0v) is 10.7. The number of furan rings is 1. The number of hydrogen-bond donors (Lipinski definition) is 1. The summed E-state index contributed by atoms with van der Waals surface area (Å²) >= 11 is 0. The molecular formula is C13H24N2O. The molecule has 0 radical (unpaired) electrons. The molecule has 0 saturated carbocycles. The van der Waals surface area contributed by atoms with E-state index in [0.29, 0.717) is 6.04 Å². The summed E-state index contributed by atoms with van der Waals surface area (Å²) in [5.41, 5.74) is 7.26. The van der Waals surface area contributed by atoms with Crippen molar-refractivity contribution < 1.29 is 4.42 Å². The predicted molar refractivity (Wildman–Crippen MR) is 67.3 cm³/mol. The second kappa shape index (κ2) is 6.71. The Morgan fingerprint density at radius 2 is 2.19 bits per heavy atom. The monoisotopic (exact) mass is 224 g/mol. The maximum Gasteiger partial charge on any atom is 0.105 e. The Kier molecular flexibility index (Phi) is 5.56. The van der Waals surface area contributed by atoms with Gasteiger partial charge >= 0.3 is 0 Å². The topological polar surface area (TPSA) is 42.4 Å². The summed E-state index contributed by atoms with van der Waals surface area (Å²) < 4.78 is 5.28. The molecule has 0 spiro atoms. The smallest absolute Gasteiger partial charge is 0.105 e. The van der Waals surface area contributed by atoms with Gasteiger partial charge in [-0.1, -0.05) is 13.3 Å². The maximum atomic E-state index is 5.99. The Morgan fingerprint density at radius 3 is 2.75 bits per heavy atom. The van der Waals surface area contributed by atoms with E-state index in [9.17, 15) is 0 Å². The van der Waals surface area contributed by atoms with Gasteiger partial charge in [0.15, 0.2) is 0 Å². The van der Waals surface area contributed by atoms with Gasteiger partial charge in [0.05, 0.1) is 6.26 Å². The first-order chi connectivity index (χ1) is 7.63. The van der Waals surface area contributed by atoms with Crippen molar-refractivity contribution in [3.05, 3.63) is 23.7 Å². The molecule has 0 aromatic carbocycles. The van der Waals surface area contributed by atoms with E-state index in [1.807, 2.05) is 13.0 Å². The van der Waals surface area contributed by atoms with Gasteiger partial charge in [0, 0.05) is 18.2 Å². The highest BCUT2D eigenvalue weighted by Crippen LogP contribution is 2.11. The molecule has 3 heteroatoms. The minimum Gasteiger partial charge on any atom is -0.469 e. The molecule has 1 atom stereocenters. The molecule has 0 fully saturated rings. The Morgan fingerprint density at radius 1 is 1.44 bits per heavy atom. The molecule has 0 aliphatic carbocycles. The van der Waals surface area contributed by atoms with Crippen LogP contribution in [0.3, 0.4) is 0 Å². The van der Waals surface area contributed by atoms with Crippen LogP contribution in [0.25, 0.3) is 0 Å². The minimum absolute atomic E-state index is 0.345. The normalized spacial score (nSPS) is 13.3. The molecule has 92 valence electrons. The summed E-state index contributed by atoms with van der Waals surface area (Å²) in [6.45, 7) is 6.18. The third-order valence-corrected chi connectivity index (χ3v) is 2.95. The lowest BCUT2D eigenvalue weighted by Gasteiger charge is -2.18. The first-order valence-corrected chi connectivity index (χ1v) is 6.10. The zero-order chi connectivity index (χ0) is 12.0. The largest absolute Gasteiger partial charge is 0.469 e. The second-order valence-electron chi connectivity index (χ2n) is 4.58. The molecule has 1 aromatic heterocycles. The Labute approximate surface area is 98.6 Å². The molecule has 1 heterocycles. The molecule has 0 saturated heterocycles. The fourth-order valence-corrected chi connectivity index (χ4v) is 1.85. The predicted octanol–water partition coefficient (Wildman–Crippen LogP) is 2.54. The van der Waals surface area contributed by atoms with Crippen molar-refractivity contribution in [2.24, 2.45) is 5.73 Å². The van der Waals surface area contributed by atoms with Crippen molar-refractivity contribution >= 4 is 0 Å². The number of hydrogen-bond acceptors (Lipinski definition) is 3. The summed E-state index contributed by atoms with van der Waals surface area (Å²) in [6, 6.07) is 2.38. The molecule has 0 aliphatic rings. The average molecular weight is 224 g/mol. The number of rotatable bonds is 7. The quantitative estimate of drug-likeness (QED) is 0.774. The van der Waals surface area contributed by atoms with Crippen LogP contribution in [0.15, 0.2) is 16.7 Å². The second-order valence-corrected chi connectivity index (χ2v) is 4.58. The molecule has 1 aromatic rings. The molecule has 2 N–H and O–H groups in total. The van der Waals surface area contributed by atoms with Crippen LogP contribution in [0.1, 0.15) is 37.5 Å². The van der Waals surface area contributed by atoms with Crippen LogP contribution in [0, 0.1) is 6.92 Å². The molecule has 3 nitrogen and oxygen atoms in total. The van der Waals surface area contributed by atoms with Crippen LogP contribution >= 0.6 is 0 Å². The fourth-order valence-electron chi connectivity index (χ4n) is 1.85. The fraction of sp³-hybridized carbons (Fsp3) is 0.692. The highest BCUT2D eigenvalue weighted by atomic mass is 16.3. The Hall–Kier alpha value is -0.800. The van der Waals surface area contributed by atoms with E-state index < -0.39 is 0 Å². The summed E-state index contributed by atoms with van der Waals surface area (Å²) in [6.07, 6.45) is 5.12. The van der Waals surface area contributed by atoms with E-state index >= 15 is 0 Å². The lowest BCUT2D eigenvalue weighted by atomic mass is 10.1. The van der Waals surface area contributed by atoms with Crippen LogP contribution in [-0.4, -0.2) is 24.5 Å². The van der Waals surface area contributed by atoms with Gasteiger partial charge in [0.2, 0.25) is 0 Å². The Balaban J connectivity index is 2.26. The van der Waals surface area contributed by atoms with Gasteiger partial charge in [-0.05, 0) is 39.4 Å². The SMILES string of the molecule is CCCC(N)CCN(C)Cc1ccoc1C. The van der Waals surface area contributed by atoms with Gasteiger partial charge in [0.1, 0.15) is 5.76 Å².